The zero-order valence-electron chi connectivity index (χ0n) is 15.3. The van der Waals surface area contributed by atoms with Crippen molar-refractivity contribution in [1.82, 2.24) is 0 Å². The Hall–Kier alpha value is -2.87. The highest BCUT2D eigenvalue weighted by Crippen LogP contribution is 2.17. The number of esters is 1. The molecule has 0 N–H and O–H groups in total. The Morgan fingerprint density at radius 1 is 1.00 bits per heavy atom. The number of hydrogen-bond donors (Lipinski definition) is 0. The Kier molecular flexibility index (Phi) is 6.57. The molecule has 2 rings (SSSR count). The van der Waals surface area contributed by atoms with Crippen LogP contribution in [0.25, 0.3) is 0 Å². The number of rotatable bonds is 8. The monoisotopic (exact) mass is 391 g/mol. The highest BCUT2D eigenvalue weighted by Gasteiger charge is 2.14. The maximum Gasteiger partial charge on any atom is 0.310 e. The van der Waals surface area contributed by atoms with Gasteiger partial charge >= 0.3 is 5.97 Å². The highest BCUT2D eigenvalue weighted by molar-refractivity contribution is 7.92. The van der Waals surface area contributed by atoms with Crippen molar-refractivity contribution in [3.05, 3.63) is 59.7 Å². The number of Topliss-reactive ketones (excluding diaryl/α,β-unsaturated/α-hetero) is 1. The summed E-state index contributed by atoms with van der Waals surface area (Å²) in [5.41, 5.74) is 1.52. The maximum absolute atomic E-state index is 12.1. The standard InChI is InChI=1S/C19H21NO6S/c1-20(27(3,23)24)16-8-6-15(7-9-16)18(21)13-26-19(22)12-14-4-10-17(25-2)11-5-14/h4-11H,12-13H2,1-3H3. The molecule has 27 heavy (non-hydrogen) atoms. The van der Waals surface area contributed by atoms with Gasteiger partial charge in [0.1, 0.15) is 5.75 Å². The van der Waals surface area contributed by atoms with E-state index in [2.05, 4.69) is 0 Å². The number of ether oxygens (including phenoxy) is 2. The van der Waals surface area contributed by atoms with Crippen LogP contribution in [0.1, 0.15) is 15.9 Å². The molecular formula is C19H21NO6S. The van der Waals surface area contributed by atoms with Gasteiger partial charge in [-0.25, -0.2) is 8.42 Å². The number of carbonyl (C=O) groups excluding carboxylic acids is 2. The molecule has 0 saturated carbocycles. The second-order valence-electron chi connectivity index (χ2n) is 5.89. The second-order valence-corrected chi connectivity index (χ2v) is 7.90. The molecule has 0 atom stereocenters. The molecule has 2 aromatic carbocycles. The second kappa shape index (κ2) is 8.68. The van der Waals surface area contributed by atoms with Gasteiger partial charge in [0.2, 0.25) is 10.0 Å². The first kappa shape index (κ1) is 20.4. The van der Waals surface area contributed by atoms with Gasteiger partial charge in [0.15, 0.2) is 12.4 Å². The molecule has 0 fully saturated rings. The Labute approximate surface area is 158 Å². The molecule has 0 saturated heterocycles. The molecular weight excluding hydrogens is 370 g/mol. The highest BCUT2D eigenvalue weighted by atomic mass is 32.2. The van der Waals surface area contributed by atoms with Gasteiger partial charge in [-0.1, -0.05) is 12.1 Å². The minimum absolute atomic E-state index is 0.0510. The predicted molar refractivity (Wildman–Crippen MR) is 102 cm³/mol. The number of hydrogen-bond acceptors (Lipinski definition) is 6. The number of sulfonamides is 1. The van der Waals surface area contributed by atoms with E-state index in [1.807, 2.05) is 0 Å². The lowest BCUT2D eigenvalue weighted by molar-refractivity contribution is -0.141. The fourth-order valence-corrected chi connectivity index (χ4v) is 2.74. The molecule has 0 aliphatic carbocycles. The van der Waals surface area contributed by atoms with E-state index in [-0.39, 0.29) is 18.8 Å². The van der Waals surface area contributed by atoms with E-state index in [1.165, 1.54) is 31.3 Å². The fourth-order valence-electron chi connectivity index (χ4n) is 2.24. The summed E-state index contributed by atoms with van der Waals surface area (Å²) in [4.78, 5) is 24.0. The van der Waals surface area contributed by atoms with Gasteiger partial charge in [0.25, 0.3) is 0 Å². The van der Waals surface area contributed by atoms with E-state index in [0.29, 0.717) is 17.0 Å². The van der Waals surface area contributed by atoms with E-state index >= 15 is 0 Å². The fraction of sp³-hybridized carbons (Fsp3) is 0.263. The van der Waals surface area contributed by atoms with Crippen molar-refractivity contribution in [2.45, 2.75) is 6.42 Å². The Morgan fingerprint density at radius 3 is 2.11 bits per heavy atom. The van der Waals surface area contributed by atoms with Gasteiger partial charge < -0.3 is 9.47 Å². The summed E-state index contributed by atoms with van der Waals surface area (Å²) >= 11 is 0. The SMILES string of the molecule is COc1ccc(CC(=O)OCC(=O)c2ccc(N(C)S(C)(=O)=O)cc2)cc1. The summed E-state index contributed by atoms with van der Waals surface area (Å²) in [6.45, 7) is -0.379. The Bertz CT molecular complexity index is 904. The van der Waals surface area contributed by atoms with Crippen LogP contribution in [0.3, 0.4) is 0 Å². The van der Waals surface area contributed by atoms with Gasteiger partial charge in [-0.05, 0) is 42.0 Å². The van der Waals surface area contributed by atoms with Crippen molar-refractivity contribution in [3.8, 4) is 5.75 Å². The number of benzene rings is 2. The molecule has 0 aliphatic heterocycles. The molecule has 8 heteroatoms. The van der Waals surface area contributed by atoms with Gasteiger partial charge in [0.05, 0.1) is 25.5 Å². The van der Waals surface area contributed by atoms with Gasteiger partial charge in [0, 0.05) is 12.6 Å². The minimum atomic E-state index is -3.37. The largest absolute Gasteiger partial charge is 0.497 e. The molecule has 2 aromatic rings. The van der Waals surface area contributed by atoms with E-state index in [9.17, 15) is 18.0 Å². The van der Waals surface area contributed by atoms with E-state index in [4.69, 9.17) is 9.47 Å². The molecule has 0 amide bonds. The molecule has 0 bridgehead atoms. The Balaban J connectivity index is 1.90. The van der Waals surface area contributed by atoms with Crippen molar-refractivity contribution < 1.29 is 27.5 Å². The van der Waals surface area contributed by atoms with Crippen LogP contribution in [-0.4, -0.2) is 47.2 Å². The van der Waals surface area contributed by atoms with Crippen molar-refractivity contribution in [2.75, 3.05) is 31.3 Å². The first-order valence-electron chi connectivity index (χ1n) is 8.06. The topological polar surface area (TPSA) is 90.0 Å². The van der Waals surface area contributed by atoms with Gasteiger partial charge in [-0.3, -0.25) is 13.9 Å². The third-order valence-electron chi connectivity index (χ3n) is 3.92. The van der Waals surface area contributed by atoms with Gasteiger partial charge in [-0.2, -0.15) is 0 Å². The number of nitrogens with zero attached hydrogens (tertiary/aromatic N) is 1. The summed E-state index contributed by atoms with van der Waals surface area (Å²) in [5.74, 6) is -0.194. The number of anilines is 1. The van der Waals surface area contributed by atoms with Crippen LogP contribution >= 0.6 is 0 Å². The first-order chi connectivity index (χ1) is 12.7. The van der Waals surface area contributed by atoms with E-state index < -0.39 is 16.0 Å². The average Bonchev–Trinajstić information content (AvgIpc) is 2.65. The molecule has 0 unspecified atom stereocenters. The number of methoxy groups -OCH3 is 1. The van der Waals surface area contributed by atoms with Gasteiger partial charge in [-0.15, -0.1) is 0 Å². The molecule has 0 heterocycles. The van der Waals surface area contributed by atoms with Crippen LogP contribution in [0.5, 0.6) is 5.75 Å². The summed E-state index contributed by atoms with van der Waals surface area (Å²) < 4.78 is 34.2. The minimum Gasteiger partial charge on any atom is -0.497 e. The van der Waals surface area contributed by atoms with Crippen LogP contribution in [0, 0.1) is 0 Å². The summed E-state index contributed by atoms with van der Waals surface area (Å²) in [7, 11) is -0.394. The van der Waals surface area contributed by atoms with Crippen LogP contribution in [0.2, 0.25) is 0 Å². The predicted octanol–water partition coefficient (Wildman–Crippen LogP) is 2.06. The smallest absolute Gasteiger partial charge is 0.310 e. The first-order valence-corrected chi connectivity index (χ1v) is 9.91. The molecule has 144 valence electrons. The normalized spacial score (nSPS) is 10.9. The molecule has 0 aromatic heterocycles. The lowest BCUT2D eigenvalue weighted by atomic mass is 10.1. The lowest BCUT2D eigenvalue weighted by Gasteiger charge is -2.16. The van der Waals surface area contributed by atoms with E-state index in [0.717, 1.165) is 16.1 Å². The quantitative estimate of drug-likeness (QED) is 0.505. The van der Waals surface area contributed by atoms with E-state index in [1.54, 1.807) is 31.4 Å². The third-order valence-corrected chi connectivity index (χ3v) is 5.13. The molecule has 7 nitrogen and oxygen atoms in total. The average molecular weight is 391 g/mol. The number of ketones is 1. The lowest BCUT2D eigenvalue weighted by Crippen LogP contribution is -2.24. The van der Waals surface area contributed by atoms with Crippen molar-refractivity contribution in [1.29, 1.82) is 0 Å². The third kappa shape index (κ3) is 5.82. The molecule has 0 aliphatic rings. The summed E-state index contributed by atoms with van der Waals surface area (Å²) in [5, 5.41) is 0. The molecule has 0 radical (unpaired) electrons. The van der Waals surface area contributed by atoms with Crippen LogP contribution in [0.15, 0.2) is 48.5 Å². The molecule has 0 spiro atoms. The summed E-state index contributed by atoms with van der Waals surface area (Å²) in [6, 6.07) is 13.0. The van der Waals surface area contributed by atoms with Crippen LogP contribution in [0.4, 0.5) is 5.69 Å². The maximum atomic E-state index is 12.1. The summed E-state index contributed by atoms with van der Waals surface area (Å²) in [6.07, 6.45) is 1.14. The Morgan fingerprint density at radius 2 is 1.59 bits per heavy atom. The van der Waals surface area contributed by atoms with Crippen molar-refractivity contribution in [3.63, 3.8) is 0 Å². The van der Waals surface area contributed by atoms with Crippen LogP contribution in [-0.2, 0) is 26.0 Å². The van der Waals surface area contributed by atoms with Crippen molar-refractivity contribution in [2.24, 2.45) is 0 Å². The zero-order valence-corrected chi connectivity index (χ0v) is 16.2. The number of carbonyl (C=O) groups is 2. The zero-order chi connectivity index (χ0) is 20.0. The van der Waals surface area contributed by atoms with Crippen LogP contribution < -0.4 is 9.04 Å². The van der Waals surface area contributed by atoms with Crippen molar-refractivity contribution >= 4 is 27.5 Å².